The van der Waals surface area contributed by atoms with E-state index >= 15 is 0 Å². The molecule has 0 radical (unpaired) electrons. The topological polar surface area (TPSA) is 69.6 Å². The van der Waals surface area contributed by atoms with Gasteiger partial charge in [0.15, 0.2) is 0 Å². The van der Waals surface area contributed by atoms with E-state index in [-0.39, 0.29) is 12.5 Å². The molecule has 0 bridgehead atoms. The third kappa shape index (κ3) is 63.4. The molecule has 0 aliphatic heterocycles. The number of hydrogen-bond acceptors (Lipinski definition) is 3. The lowest BCUT2D eigenvalue weighted by Crippen LogP contribution is -2.45. The third-order valence-electron chi connectivity index (χ3n) is 16.6. The summed E-state index contributed by atoms with van der Waals surface area (Å²) in [6, 6.07) is -0.639. The van der Waals surface area contributed by atoms with Gasteiger partial charge in [0.2, 0.25) is 5.91 Å². The number of hydrogen-bond donors (Lipinski definition) is 3. The van der Waals surface area contributed by atoms with Crippen molar-refractivity contribution >= 4 is 5.91 Å². The standard InChI is InChI=1S/C72H139NO3/c1-3-5-7-9-11-13-15-17-19-21-23-25-27-29-30-31-32-33-34-35-36-37-38-39-40-41-42-44-46-48-50-52-54-56-58-60-62-64-66-68-72(76)73-70(69-74)71(75)67-65-63-61-59-57-55-53-51-49-47-45-43-28-26-24-22-20-18-16-14-12-10-8-6-4-2/h21,23,57,59,65,67,70-71,74-75H,3-20,22,24-56,58,60-64,66,68-69H2,1-2H3,(H,73,76)/b23-21-,59-57+,67-65+. The SMILES string of the molecule is CCCCCCCCCC/C=C\CCCCCCCCCCCCCCCCCCCCCCCCCCCCCC(=O)NC(CO)C(O)/C=C/CC/C=C/CCCCCCCCCCCCCCCCCCCCC. The summed E-state index contributed by atoms with van der Waals surface area (Å²) in [6.07, 6.45) is 93.9. The summed E-state index contributed by atoms with van der Waals surface area (Å²) in [6.45, 7) is 4.34. The molecule has 0 aliphatic rings. The van der Waals surface area contributed by atoms with Gasteiger partial charge in [-0.05, 0) is 57.8 Å². The van der Waals surface area contributed by atoms with Crippen LogP contribution in [0.25, 0.3) is 0 Å². The highest BCUT2D eigenvalue weighted by Gasteiger charge is 2.18. The van der Waals surface area contributed by atoms with Crippen molar-refractivity contribution in [2.75, 3.05) is 6.61 Å². The zero-order chi connectivity index (χ0) is 54.8. The molecule has 0 spiro atoms. The van der Waals surface area contributed by atoms with Crippen molar-refractivity contribution in [2.45, 2.75) is 411 Å². The summed E-state index contributed by atoms with van der Waals surface area (Å²) in [5.41, 5.74) is 0. The molecule has 0 saturated carbocycles. The molecule has 76 heavy (non-hydrogen) atoms. The number of rotatable bonds is 66. The molecule has 0 aliphatic carbocycles. The maximum Gasteiger partial charge on any atom is 0.220 e. The van der Waals surface area contributed by atoms with Gasteiger partial charge in [0.1, 0.15) is 0 Å². The summed E-state index contributed by atoms with van der Waals surface area (Å²) in [5, 5.41) is 23.3. The van der Waals surface area contributed by atoms with E-state index in [1.807, 2.05) is 6.08 Å². The highest BCUT2D eigenvalue weighted by atomic mass is 16.3. The second-order valence-electron chi connectivity index (χ2n) is 24.3. The van der Waals surface area contributed by atoms with Crippen LogP contribution in [0.3, 0.4) is 0 Å². The second-order valence-corrected chi connectivity index (χ2v) is 24.3. The molecule has 0 saturated heterocycles. The first kappa shape index (κ1) is 74.6. The number of carbonyl (C=O) groups excluding carboxylic acids is 1. The molecule has 450 valence electrons. The lowest BCUT2D eigenvalue weighted by atomic mass is 10.0. The van der Waals surface area contributed by atoms with E-state index in [0.29, 0.717) is 6.42 Å². The van der Waals surface area contributed by atoms with Gasteiger partial charge in [0.05, 0.1) is 18.8 Å². The van der Waals surface area contributed by atoms with Gasteiger partial charge in [0, 0.05) is 6.42 Å². The van der Waals surface area contributed by atoms with Crippen molar-refractivity contribution in [2.24, 2.45) is 0 Å². The monoisotopic (exact) mass is 1070 g/mol. The van der Waals surface area contributed by atoms with Gasteiger partial charge in [0.25, 0.3) is 0 Å². The van der Waals surface area contributed by atoms with Gasteiger partial charge in [-0.2, -0.15) is 0 Å². The van der Waals surface area contributed by atoms with Crippen LogP contribution in [0, 0.1) is 0 Å². The van der Waals surface area contributed by atoms with Crippen LogP contribution < -0.4 is 5.32 Å². The quantitative estimate of drug-likeness (QED) is 0.0420. The highest BCUT2D eigenvalue weighted by molar-refractivity contribution is 5.76. The van der Waals surface area contributed by atoms with Crippen LogP contribution in [0.15, 0.2) is 36.5 Å². The highest BCUT2D eigenvalue weighted by Crippen LogP contribution is 2.19. The fraction of sp³-hybridized carbons (Fsp3) is 0.903. The fourth-order valence-electron chi connectivity index (χ4n) is 11.3. The number of amides is 1. The summed E-state index contributed by atoms with van der Waals surface area (Å²) >= 11 is 0. The molecule has 0 aromatic carbocycles. The van der Waals surface area contributed by atoms with Crippen molar-refractivity contribution in [1.82, 2.24) is 5.32 Å². The van der Waals surface area contributed by atoms with E-state index in [1.54, 1.807) is 6.08 Å². The molecule has 4 heteroatoms. The molecular weight excluding hydrogens is 927 g/mol. The van der Waals surface area contributed by atoms with Crippen LogP contribution in [0.4, 0.5) is 0 Å². The Balaban J connectivity index is 3.41. The molecule has 0 fully saturated rings. The van der Waals surface area contributed by atoms with E-state index in [1.165, 1.54) is 347 Å². The minimum absolute atomic E-state index is 0.0651. The first-order chi connectivity index (χ1) is 37.7. The molecular formula is C72H139NO3. The van der Waals surface area contributed by atoms with E-state index < -0.39 is 12.1 Å². The second kappa shape index (κ2) is 67.9. The van der Waals surface area contributed by atoms with Gasteiger partial charge in [-0.15, -0.1) is 0 Å². The molecule has 2 unspecified atom stereocenters. The lowest BCUT2D eigenvalue weighted by Gasteiger charge is -2.19. The molecule has 0 aromatic heterocycles. The van der Waals surface area contributed by atoms with Crippen LogP contribution in [0.5, 0.6) is 0 Å². The van der Waals surface area contributed by atoms with Crippen LogP contribution in [0.2, 0.25) is 0 Å². The van der Waals surface area contributed by atoms with Gasteiger partial charge < -0.3 is 15.5 Å². The largest absolute Gasteiger partial charge is 0.394 e. The number of nitrogens with one attached hydrogen (secondary N) is 1. The first-order valence-corrected chi connectivity index (χ1v) is 35.2. The smallest absolute Gasteiger partial charge is 0.220 e. The Morgan fingerprint density at radius 3 is 0.763 bits per heavy atom. The zero-order valence-electron chi connectivity index (χ0n) is 52.1. The summed E-state index contributed by atoms with van der Waals surface area (Å²) in [7, 11) is 0. The lowest BCUT2D eigenvalue weighted by molar-refractivity contribution is -0.123. The molecule has 4 nitrogen and oxygen atoms in total. The normalized spacial score (nSPS) is 12.8. The van der Waals surface area contributed by atoms with E-state index in [2.05, 4.69) is 43.5 Å². The first-order valence-electron chi connectivity index (χ1n) is 35.2. The van der Waals surface area contributed by atoms with Gasteiger partial charge >= 0.3 is 0 Å². The number of allylic oxidation sites excluding steroid dienone is 5. The molecule has 0 rings (SSSR count). The van der Waals surface area contributed by atoms with Gasteiger partial charge in [-0.25, -0.2) is 0 Å². The predicted octanol–water partition coefficient (Wildman–Crippen LogP) is 23.9. The Morgan fingerprint density at radius 1 is 0.303 bits per heavy atom. The van der Waals surface area contributed by atoms with Crippen LogP contribution in [-0.4, -0.2) is 34.9 Å². The Bertz CT molecular complexity index is 1160. The molecule has 3 N–H and O–H groups in total. The fourth-order valence-corrected chi connectivity index (χ4v) is 11.3. The Hall–Kier alpha value is -1.39. The van der Waals surface area contributed by atoms with Crippen LogP contribution in [0.1, 0.15) is 399 Å². The van der Waals surface area contributed by atoms with Gasteiger partial charge in [-0.1, -0.05) is 371 Å². The van der Waals surface area contributed by atoms with Gasteiger partial charge in [-0.3, -0.25) is 4.79 Å². The third-order valence-corrected chi connectivity index (χ3v) is 16.6. The van der Waals surface area contributed by atoms with Crippen molar-refractivity contribution < 1.29 is 15.0 Å². The summed E-state index contributed by atoms with van der Waals surface area (Å²) in [4.78, 5) is 12.5. The van der Waals surface area contributed by atoms with Crippen LogP contribution in [-0.2, 0) is 4.79 Å². The van der Waals surface area contributed by atoms with E-state index in [0.717, 1.165) is 32.1 Å². The number of aliphatic hydroxyl groups excluding tert-OH is 2. The average Bonchev–Trinajstić information content (AvgIpc) is 3.42. The Kier molecular flexibility index (Phi) is 66.6. The molecule has 0 heterocycles. The Morgan fingerprint density at radius 2 is 0.513 bits per heavy atom. The minimum Gasteiger partial charge on any atom is -0.394 e. The predicted molar refractivity (Wildman–Crippen MR) is 341 cm³/mol. The maximum atomic E-state index is 12.5. The maximum absolute atomic E-state index is 12.5. The van der Waals surface area contributed by atoms with Crippen LogP contribution >= 0.6 is 0 Å². The van der Waals surface area contributed by atoms with E-state index in [4.69, 9.17) is 0 Å². The minimum atomic E-state index is -0.862. The summed E-state index contributed by atoms with van der Waals surface area (Å²) in [5.74, 6) is -0.0651. The number of carbonyl (C=O) groups is 1. The van der Waals surface area contributed by atoms with Crippen molar-refractivity contribution in [3.63, 3.8) is 0 Å². The number of aliphatic hydroxyl groups is 2. The van der Waals surface area contributed by atoms with E-state index in [9.17, 15) is 15.0 Å². The molecule has 1 amide bonds. The zero-order valence-corrected chi connectivity index (χ0v) is 52.1. The van der Waals surface area contributed by atoms with Crippen molar-refractivity contribution in [3.8, 4) is 0 Å². The number of unbranched alkanes of at least 4 members (excludes halogenated alkanes) is 55. The molecule has 2 atom stereocenters. The summed E-state index contributed by atoms with van der Waals surface area (Å²) < 4.78 is 0. The average molecular weight is 1070 g/mol. The van der Waals surface area contributed by atoms with Crippen molar-refractivity contribution in [3.05, 3.63) is 36.5 Å². The van der Waals surface area contributed by atoms with Crippen molar-refractivity contribution in [1.29, 1.82) is 0 Å². The Labute approximate surface area is 478 Å². The molecule has 0 aromatic rings.